The third-order valence-corrected chi connectivity index (χ3v) is 8.49. The number of ketones is 1. The number of ether oxygens (including phenoxy) is 3. The molecule has 0 bridgehead atoms. The fraction of sp³-hybridized carbons (Fsp3) is 0.500. The summed E-state index contributed by atoms with van der Waals surface area (Å²) in [4.78, 5) is 37.3. The van der Waals surface area contributed by atoms with Crippen LogP contribution in [0.3, 0.4) is 0 Å². The van der Waals surface area contributed by atoms with Crippen LogP contribution in [0.25, 0.3) is 0 Å². The number of benzene rings is 2. The first-order chi connectivity index (χ1) is 19.0. The third kappa shape index (κ3) is 4.88. The molecule has 3 atom stereocenters. The first-order valence-electron chi connectivity index (χ1n) is 14.2. The van der Waals surface area contributed by atoms with Crippen molar-refractivity contribution in [2.75, 3.05) is 0 Å². The molecule has 212 valence electrons. The molecule has 5 rings (SSSR count). The number of unbranched alkanes of at least 4 members (excludes halogenated alkanes) is 2. The molecular formula is C32H37NO7. The van der Waals surface area contributed by atoms with Crippen molar-refractivity contribution in [3.05, 3.63) is 74.3 Å². The van der Waals surface area contributed by atoms with E-state index in [9.17, 15) is 19.7 Å². The number of nitro groups is 1. The topological polar surface area (TPSA) is 105 Å². The van der Waals surface area contributed by atoms with Crippen molar-refractivity contribution in [2.24, 2.45) is 5.92 Å². The van der Waals surface area contributed by atoms with Crippen LogP contribution in [0.15, 0.2) is 42.0 Å². The van der Waals surface area contributed by atoms with Crippen LogP contribution in [0.1, 0.15) is 106 Å². The maximum atomic E-state index is 13.9. The molecule has 0 saturated carbocycles. The van der Waals surface area contributed by atoms with Gasteiger partial charge in [0.05, 0.1) is 11.3 Å². The first-order valence-corrected chi connectivity index (χ1v) is 14.2. The number of fused-ring (bicyclic) bond motifs is 5. The van der Waals surface area contributed by atoms with Gasteiger partial charge in [-0.3, -0.25) is 14.9 Å². The quantitative estimate of drug-likeness (QED) is 0.112. The summed E-state index contributed by atoms with van der Waals surface area (Å²) in [6.45, 7) is 9.89. The molecule has 0 amide bonds. The molecule has 3 aliphatic rings. The van der Waals surface area contributed by atoms with Crippen molar-refractivity contribution >= 4 is 17.4 Å². The maximum absolute atomic E-state index is 13.9. The molecule has 2 aliphatic heterocycles. The Balaban J connectivity index is 1.73. The van der Waals surface area contributed by atoms with E-state index in [0.29, 0.717) is 29.0 Å². The van der Waals surface area contributed by atoms with E-state index in [2.05, 4.69) is 33.8 Å². The Labute approximate surface area is 234 Å². The Bertz CT molecular complexity index is 1390. The molecule has 2 aromatic rings. The Morgan fingerprint density at radius 3 is 2.50 bits per heavy atom. The smallest absolute Gasteiger partial charge is 0.345 e. The molecule has 1 aliphatic carbocycles. The van der Waals surface area contributed by atoms with Gasteiger partial charge in [-0.2, -0.15) is 0 Å². The fourth-order valence-corrected chi connectivity index (χ4v) is 6.53. The third-order valence-electron chi connectivity index (χ3n) is 8.49. The molecule has 0 saturated heterocycles. The summed E-state index contributed by atoms with van der Waals surface area (Å²) in [6, 6.07) is 7.62. The second-order valence-corrected chi connectivity index (χ2v) is 11.9. The highest BCUT2D eigenvalue weighted by Gasteiger charge is 2.52. The average molecular weight is 548 g/mol. The van der Waals surface area contributed by atoms with Gasteiger partial charge in [-0.15, -0.1) is 0 Å². The zero-order valence-electron chi connectivity index (χ0n) is 23.9. The van der Waals surface area contributed by atoms with Crippen molar-refractivity contribution in [1.29, 1.82) is 0 Å². The van der Waals surface area contributed by atoms with Crippen LogP contribution in [0.4, 0.5) is 5.69 Å². The number of aryl methyl sites for hydroxylation is 1. The van der Waals surface area contributed by atoms with E-state index in [1.807, 2.05) is 6.07 Å². The number of non-ortho nitro benzene ring substituents is 1. The lowest BCUT2D eigenvalue weighted by Gasteiger charge is -2.48. The zero-order chi connectivity index (χ0) is 28.8. The number of nitro benzene ring substituents is 1. The second-order valence-electron chi connectivity index (χ2n) is 11.9. The molecule has 0 spiro atoms. The van der Waals surface area contributed by atoms with Gasteiger partial charge >= 0.3 is 5.97 Å². The standard InChI is InChI=1S/C32H37NO7/c1-6-7-8-9-21-17-26-28(24-16-19(2)10-15-25(24)31(4,5)38-26)29-27(21)30(35)40-32(39-29,18-20(3)34)22-11-13-23(14-12-22)33(36)37/h11-14,16-17,24-25H,6-10,15,18H2,1-5H3. The number of carbonyl (C=O) groups excluding carboxylic acids is 2. The summed E-state index contributed by atoms with van der Waals surface area (Å²) >= 11 is 0. The van der Waals surface area contributed by atoms with Crippen LogP contribution < -0.4 is 9.47 Å². The van der Waals surface area contributed by atoms with E-state index in [0.717, 1.165) is 43.2 Å². The summed E-state index contributed by atoms with van der Waals surface area (Å²) in [5.74, 6) is -1.34. The van der Waals surface area contributed by atoms with Gasteiger partial charge in [-0.1, -0.05) is 31.4 Å². The first kappa shape index (κ1) is 27.9. The Morgan fingerprint density at radius 1 is 1.12 bits per heavy atom. The fourth-order valence-electron chi connectivity index (χ4n) is 6.53. The van der Waals surface area contributed by atoms with Gasteiger partial charge in [0.2, 0.25) is 0 Å². The van der Waals surface area contributed by atoms with Gasteiger partial charge in [0, 0.05) is 35.1 Å². The van der Waals surface area contributed by atoms with Gasteiger partial charge in [0.25, 0.3) is 11.5 Å². The van der Waals surface area contributed by atoms with Crippen molar-refractivity contribution < 1.29 is 28.7 Å². The lowest BCUT2D eigenvalue weighted by atomic mass is 9.67. The SMILES string of the molecule is CCCCCc1cc2c(c3c1C(=O)OC(CC(C)=O)(c1ccc([N+](=O)[O-])cc1)O3)C1C=C(C)CCC1C(C)(C)O2. The molecule has 0 N–H and O–H groups in total. The van der Waals surface area contributed by atoms with Crippen LogP contribution in [0, 0.1) is 16.0 Å². The minimum absolute atomic E-state index is 0.0382. The highest BCUT2D eigenvalue weighted by atomic mass is 16.7. The van der Waals surface area contributed by atoms with E-state index in [1.54, 1.807) is 0 Å². The average Bonchev–Trinajstić information content (AvgIpc) is 2.87. The number of allylic oxidation sites excluding steroid dienone is 2. The molecule has 0 aromatic heterocycles. The molecule has 0 fully saturated rings. The number of hydrogen-bond acceptors (Lipinski definition) is 7. The van der Waals surface area contributed by atoms with E-state index in [4.69, 9.17) is 14.2 Å². The summed E-state index contributed by atoms with van der Waals surface area (Å²) < 4.78 is 19.4. The number of rotatable bonds is 8. The lowest BCUT2D eigenvalue weighted by molar-refractivity contribution is -0.384. The minimum Gasteiger partial charge on any atom is -0.487 e. The van der Waals surface area contributed by atoms with Crippen LogP contribution in [-0.4, -0.2) is 22.3 Å². The highest BCUT2D eigenvalue weighted by molar-refractivity contribution is 5.97. The summed E-state index contributed by atoms with van der Waals surface area (Å²) in [5.41, 5.74) is 3.10. The van der Waals surface area contributed by atoms with Crippen LogP contribution >= 0.6 is 0 Å². The summed E-state index contributed by atoms with van der Waals surface area (Å²) in [7, 11) is 0. The van der Waals surface area contributed by atoms with Gasteiger partial charge in [0.1, 0.15) is 28.4 Å². The van der Waals surface area contributed by atoms with E-state index in [1.165, 1.54) is 36.8 Å². The van der Waals surface area contributed by atoms with Crippen molar-refractivity contribution in [2.45, 2.75) is 96.9 Å². The van der Waals surface area contributed by atoms with Crippen molar-refractivity contribution in [1.82, 2.24) is 0 Å². The number of esters is 1. The van der Waals surface area contributed by atoms with Gasteiger partial charge in [0.15, 0.2) is 0 Å². The number of Topliss-reactive ketones (excluding diaryl/α,β-unsaturated/α-hetero) is 1. The Kier molecular flexibility index (Phi) is 7.23. The molecule has 8 nitrogen and oxygen atoms in total. The highest BCUT2D eigenvalue weighted by Crippen LogP contribution is 2.57. The number of cyclic esters (lactones) is 1. The number of hydrogen-bond donors (Lipinski definition) is 0. The molecule has 2 aromatic carbocycles. The summed E-state index contributed by atoms with van der Waals surface area (Å²) in [6.07, 6.45) is 7.54. The van der Waals surface area contributed by atoms with Crippen LogP contribution in [0.2, 0.25) is 0 Å². The molecule has 8 heteroatoms. The van der Waals surface area contributed by atoms with Gasteiger partial charge in [-0.25, -0.2) is 4.79 Å². The molecule has 3 unspecified atom stereocenters. The van der Waals surface area contributed by atoms with Crippen molar-refractivity contribution in [3.63, 3.8) is 0 Å². The molecule has 2 heterocycles. The Hall–Kier alpha value is -3.68. The zero-order valence-corrected chi connectivity index (χ0v) is 23.9. The summed E-state index contributed by atoms with van der Waals surface area (Å²) in [5, 5.41) is 11.3. The monoisotopic (exact) mass is 547 g/mol. The lowest BCUT2D eigenvalue weighted by Crippen LogP contribution is -2.47. The molecule has 40 heavy (non-hydrogen) atoms. The van der Waals surface area contributed by atoms with E-state index in [-0.39, 0.29) is 29.7 Å². The largest absolute Gasteiger partial charge is 0.487 e. The predicted octanol–water partition coefficient (Wildman–Crippen LogP) is 7.32. The molecule has 0 radical (unpaired) electrons. The molecular weight excluding hydrogens is 510 g/mol. The number of nitrogens with zero attached hydrogens (tertiary/aromatic N) is 1. The van der Waals surface area contributed by atoms with E-state index < -0.39 is 22.3 Å². The second kappa shape index (κ2) is 10.4. The Morgan fingerprint density at radius 2 is 1.85 bits per heavy atom. The predicted molar refractivity (Wildman–Crippen MR) is 150 cm³/mol. The van der Waals surface area contributed by atoms with E-state index >= 15 is 0 Å². The van der Waals surface area contributed by atoms with Gasteiger partial charge < -0.3 is 14.2 Å². The van der Waals surface area contributed by atoms with Gasteiger partial charge in [-0.05, 0) is 77.1 Å². The van der Waals surface area contributed by atoms with Crippen molar-refractivity contribution in [3.8, 4) is 11.5 Å². The number of carbonyl (C=O) groups is 2. The normalized spacial score (nSPS) is 24.3. The minimum atomic E-state index is -1.75. The van der Waals surface area contributed by atoms with Crippen LogP contribution in [-0.2, 0) is 21.7 Å². The maximum Gasteiger partial charge on any atom is 0.345 e. The van der Waals surface area contributed by atoms with Crippen LogP contribution in [0.5, 0.6) is 11.5 Å².